The first kappa shape index (κ1) is 21.1. The summed E-state index contributed by atoms with van der Waals surface area (Å²) in [6.45, 7) is 8.03. The lowest BCUT2D eigenvalue weighted by Crippen LogP contribution is -2.45. The van der Waals surface area contributed by atoms with Gasteiger partial charge in [0.15, 0.2) is 0 Å². The Bertz CT molecular complexity index is 922. The van der Waals surface area contributed by atoms with Crippen molar-refractivity contribution in [2.24, 2.45) is 5.41 Å². The van der Waals surface area contributed by atoms with Crippen LogP contribution in [0.1, 0.15) is 72.6 Å². The van der Waals surface area contributed by atoms with Crippen molar-refractivity contribution in [3.63, 3.8) is 0 Å². The standard InChI is InChI=1S/C27H35NO2/c1-4-20-17-22(9-10-24(20)26(2,3)19-29)25(30)28-15-13-27(14-16-28)12-11-21-7-5-6-8-23(21)18-27/h5-10,17,29H,4,11-16,18-19H2,1-3H3. The summed E-state index contributed by atoms with van der Waals surface area (Å²) in [6.07, 6.45) is 6.65. The molecule has 0 radical (unpaired) electrons. The largest absolute Gasteiger partial charge is 0.395 e. The molecule has 2 aliphatic rings. The van der Waals surface area contributed by atoms with Crippen LogP contribution >= 0.6 is 0 Å². The van der Waals surface area contributed by atoms with Gasteiger partial charge in [-0.1, -0.05) is 51.1 Å². The zero-order valence-electron chi connectivity index (χ0n) is 18.7. The molecule has 4 rings (SSSR count). The Morgan fingerprint density at radius 1 is 1.07 bits per heavy atom. The van der Waals surface area contributed by atoms with Gasteiger partial charge in [-0.05, 0) is 78.3 Å². The van der Waals surface area contributed by atoms with E-state index in [4.69, 9.17) is 0 Å². The number of aliphatic hydroxyl groups excluding tert-OH is 1. The average Bonchev–Trinajstić information content (AvgIpc) is 2.78. The third-order valence-corrected chi connectivity index (χ3v) is 7.58. The van der Waals surface area contributed by atoms with Crippen LogP contribution in [0.25, 0.3) is 0 Å². The van der Waals surface area contributed by atoms with Gasteiger partial charge in [0.25, 0.3) is 5.91 Å². The number of fused-ring (bicyclic) bond motifs is 1. The highest BCUT2D eigenvalue weighted by atomic mass is 16.3. The molecule has 30 heavy (non-hydrogen) atoms. The van der Waals surface area contributed by atoms with E-state index >= 15 is 0 Å². The predicted molar refractivity (Wildman–Crippen MR) is 122 cm³/mol. The van der Waals surface area contributed by atoms with E-state index in [0.717, 1.165) is 55.5 Å². The molecule has 1 amide bonds. The molecular weight excluding hydrogens is 370 g/mol. The lowest BCUT2D eigenvalue weighted by atomic mass is 9.66. The zero-order chi connectivity index (χ0) is 21.4. The Balaban J connectivity index is 1.46. The summed E-state index contributed by atoms with van der Waals surface area (Å²) in [5.41, 5.74) is 6.20. The highest BCUT2D eigenvalue weighted by Crippen LogP contribution is 2.43. The fraction of sp³-hybridized carbons (Fsp3) is 0.519. The maximum Gasteiger partial charge on any atom is 0.253 e. The Kier molecular flexibility index (Phi) is 5.76. The molecule has 1 saturated heterocycles. The molecule has 0 aromatic heterocycles. The first-order valence-electron chi connectivity index (χ1n) is 11.5. The van der Waals surface area contributed by atoms with Gasteiger partial charge in [0.2, 0.25) is 0 Å². The molecular formula is C27H35NO2. The number of aryl methyl sites for hydroxylation is 2. The minimum Gasteiger partial charge on any atom is -0.395 e. The van der Waals surface area contributed by atoms with Crippen LogP contribution in [0.3, 0.4) is 0 Å². The second-order valence-corrected chi connectivity index (χ2v) is 10.0. The molecule has 1 aliphatic heterocycles. The molecule has 3 heteroatoms. The van der Waals surface area contributed by atoms with Crippen LogP contribution in [-0.4, -0.2) is 35.6 Å². The highest BCUT2D eigenvalue weighted by Gasteiger charge is 2.38. The number of carbonyl (C=O) groups is 1. The molecule has 2 aromatic carbocycles. The number of piperidine rings is 1. The Labute approximate surface area is 181 Å². The molecule has 1 fully saturated rings. The molecule has 1 heterocycles. The summed E-state index contributed by atoms with van der Waals surface area (Å²) in [5, 5.41) is 9.76. The van der Waals surface area contributed by atoms with E-state index in [9.17, 15) is 9.90 Å². The van der Waals surface area contributed by atoms with Crippen LogP contribution in [0, 0.1) is 5.41 Å². The fourth-order valence-electron chi connectivity index (χ4n) is 5.42. The van der Waals surface area contributed by atoms with Gasteiger partial charge in [-0.15, -0.1) is 0 Å². The average molecular weight is 406 g/mol. The van der Waals surface area contributed by atoms with Crippen molar-refractivity contribution < 1.29 is 9.90 Å². The summed E-state index contributed by atoms with van der Waals surface area (Å²) in [7, 11) is 0. The van der Waals surface area contributed by atoms with Crippen molar-refractivity contribution in [2.75, 3.05) is 19.7 Å². The van der Waals surface area contributed by atoms with Gasteiger partial charge >= 0.3 is 0 Å². The first-order chi connectivity index (χ1) is 14.4. The molecule has 1 aliphatic carbocycles. The smallest absolute Gasteiger partial charge is 0.253 e. The van der Waals surface area contributed by atoms with Crippen LogP contribution in [0.4, 0.5) is 0 Å². The summed E-state index contributed by atoms with van der Waals surface area (Å²) in [5.74, 6) is 0.157. The van der Waals surface area contributed by atoms with E-state index in [2.05, 4.69) is 56.0 Å². The Morgan fingerprint density at radius 3 is 2.43 bits per heavy atom. The maximum atomic E-state index is 13.2. The minimum absolute atomic E-state index is 0.102. The van der Waals surface area contributed by atoms with Gasteiger partial charge in [0.1, 0.15) is 0 Å². The second-order valence-electron chi connectivity index (χ2n) is 10.0. The van der Waals surface area contributed by atoms with Crippen LogP contribution in [0.15, 0.2) is 42.5 Å². The monoisotopic (exact) mass is 405 g/mol. The van der Waals surface area contributed by atoms with Gasteiger partial charge in [0.05, 0.1) is 6.61 Å². The van der Waals surface area contributed by atoms with E-state index in [1.165, 1.54) is 24.0 Å². The van der Waals surface area contributed by atoms with Gasteiger partial charge in [-0.2, -0.15) is 0 Å². The molecule has 1 N–H and O–H groups in total. The van der Waals surface area contributed by atoms with Gasteiger partial charge in [-0.3, -0.25) is 4.79 Å². The predicted octanol–water partition coefficient (Wildman–Crippen LogP) is 4.93. The number of aliphatic hydroxyl groups is 1. The summed E-state index contributed by atoms with van der Waals surface area (Å²) in [4.78, 5) is 15.3. The topological polar surface area (TPSA) is 40.5 Å². The van der Waals surface area contributed by atoms with Crippen molar-refractivity contribution >= 4 is 5.91 Å². The Hall–Kier alpha value is -2.13. The molecule has 3 nitrogen and oxygen atoms in total. The number of benzene rings is 2. The fourth-order valence-corrected chi connectivity index (χ4v) is 5.42. The van der Waals surface area contributed by atoms with Crippen LogP contribution < -0.4 is 0 Å². The van der Waals surface area contributed by atoms with E-state index < -0.39 is 0 Å². The maximum absolute atomic E-state index is 13.2. The normalized spacial score (nSPS) is 18.3. The molecule has 2 aromatic rings. The number of nitrogens with zero attached hydrogens (tertiary/aromatic N) is 1. The van der Waals surface area contributed by atoms with Crippen molar-refractivity contribution in [3.8, 4) is 0 Å². The van der Waals surface area contributed by atoms with Crippen molar-refractivity contribution in [3.05, 3.63) is 70.3 Å². The zero-order valence-corrected chi connectivity index (χ0v) is 18.7. The quantitative estimate of drug-likeness (QED) is 0.783. The number of rotatable bonds is 4. The van der Waals surface area contributed by atoms with E-state index in [1.807, 2.05) is 12.1 Å². The van der Waals surface area contributed by atoms with Crippen LogP contribution in [0.5, 0.6) is 0 Å². The molecule has 1 spiro atoms. The third kappa shape index (κ3) is 3.92. The van der Waals surface area contributed by atoms with E-state index in [0.29, 0.717) is 5.41 Å². The molecule has 160 valence electrons. The molecule has 0 unspecified atom stereocenters. The number of carbonyl (C=O) groups excluding carboxylic acids is 1. The lowest BCUT2D eigenvalue weighted by Gasteiger charge is -2.45. The second kappa shape index (κ2) is 8.19. The van der Waals surface area contributed by atoms with Crippen LogP contribution in [-0.2, 0) is 24.7 Å². The first-order valence-corrected chi connectivity index (χ1v) is 11.5. The van der Waals surface area contributed by atoms with E-state index in [1.54, 1.807) is 0 Å². The summed E-state index contributed by atoms with van der Waals surface area (Å²) in [6, 6.07) is 14.9. The number of amides is 1. The van der Waals surface area contributed by atoms with E-state index in [-0.39, 0.29) is 17.9 Å². The van der Waals surface area contributed by atoms with Gasteiger partial charge in [-0.25, -0.2) is 0 Å². The lowest BCUT2D eigenvalue weighted by molar-refractivity contribution is 0.0544. The number of hydrogen-bond donors (Lipinski definition) is 1. The van der Waals surface area contributed by atoms with Gasteiger partial charge in [0, 0.05) is 24.1 Å². The Morgan fingerprint density at radius 2 is 1.77 bits per heavy atom. The minimum atomic E-state index is -0.290. The highest BCUT2D eigenvalue weighted by molar-refractivity contribution is 5.94. The molecule has 0 saturated carbocycles. The molecule has 0 bridgehead atoms. The summed E-state index contributed by atoms with van der Waals surface area (Å²) < 4.78 is 0. The SMILES string of the molecule is CCc1cc(C(=O)N2CCC3(CCc4ccccc4C3)CC2)ccc1C(C)(C)CO. The third-order valence-electron chi connectivity index (χ3n) is 7.58. The van der Waals surface area contributed by atoms with Gasteiger partial charge < -0.3 is 10.0 Å². The molecule has 0 atom stereocenters. The number of hydrogen-bond acceptors (Lipinski definition) is 2. The summed E-state index contributed by atoms with van der Waals surface area (Å²) >= 11 is 0. The number of likely N-dealkylation sites (tertiary alicyclic amines) is 1. The van der Waals surface area contributed by atoms with Crippen molar-refractivity contribution in [1.82, 2.24) is 4.90 Å². The van der Waals surface area contributed by atoms with Crippen LogP contribution in [0.2, 0.25) is 0 Å². The van der Waals surface area contributed by atoms with Crippen molar-refractivity contribution in [2.45, 2.75) is 64.7 Å². The van der Waals surface area contributed by atoms with Crippen molar-refractivity contribution in [1.29, 1.82) is 0 Å².